The Balaban J connectivity index is 1.63. The summed E-state index contributed by atoms with van der Waals surface area (Å²) in [5.74, 6) is -0.297. The van der Waals surface area contributed by atoms with Gasteiger partial charge in [-0.25, -0.2) is 8.42 Å². The van der Waals surface area contributed by atoms with E-state index in [9.17, 15) is 13.2 Å². The standard InChI is InChI=1S/C26H26N2O3S/c1-18-7-6-8-21(13-18)17-32(30,31)25-15-28(24-10-5-4-9-23(24)25)16-26(29)27-22-12-11-19(2)20(3)14-22/h4-15H,16-17H2,1-3H3,(H,27,29). The summed E-state index contributed by atoms with van der Waals surface area (Å²) >= 11 is 0. The molecule has 0 saturated heterocycles. The van der Waals surface area contributed by atoms with Gasteiger partial charge in [0.1, 0.15) is 6.54 Å². The van der Waals surface area contributed by atoms with Crippen molar-refractivity contribution >= 4 is 32.3 Å². The molecule has 1 aromatic heterocycles. The van der Waals surface area contributed by atoms with Crippen LogP contribution in [-0.2, 0) is 26.9 Å². The second kappa shape index (κ2) is 8.63. The number of sulfone groups is 1. The number of carbonyl (C=O) groups excluding carboxylic acids is 1. The number of nitrogens with zero attached hydrogens (tertiary/aromatic N) is 1. The van der Waals surface area contributed by atoms with Crippen LogP contribution < -0.4 is 5.32 Å². The first-order chi connectivity index (χ1) is 15.2. The maximum absolute atomic E-state index is 13.3. The van der Waals surface area contributed by atoms with Crippen LogP contribution in [0.3, 0.4) is 0 Å². The molecule has 5 nitrogen and oxygen atoms in total. The topological polar surface area (TPSA) is 68.2 Å². The molecule has 0 aliphatic rings. The Bertz CT molecular complexity index is 1420. The Morgan fingerprint density at radius 1 is 0.906 bits per heavy atom. The molecule has 1 amide bonds. The van der Waals surface area contributed by atoms with Gasteiger partial charge >= 0.3 is 0 Å². The molecule has 3 aromatic carbocycles. The van der Waals surface area contributed by atoms with E-state index in [1.807, 2.05) is 81.4 Å². The summed E-state index contributed by atoms with van der Waals surface area (Å²) in [5, 5.41) is 3.53. The summed E-state index contributed by atoms with van der Waals surface area (Å²) in [7, 11) is -3.59. The Morgan fingerprint density at radius 3 is 2.44 bits per heavy atom. The third kappa shape index (κ3) is 4.60. The number of aromatic nitrogens is 1. The van der Waals surface area contributed by atoms with E-state index in [0.29, 0.717) is 10.9 Å². The van der Waals surface area contributed by atoms with Gasteiger partial charge in [0.2, 0.25) is 5.91 Å². The average Bonchev–Trinajstić information content (AvgIpc) is 3.10. The second-order valence-electron chi connectivity index (χ2n) is 8.23. The largest absolute Gasteiger partial charge is 0.337 e. The van der Waals surface area contributed by atoms with E-state index < -0.39 is 9.84 Å². The maximum Gasteiger partial charge on any atom is 0.244 e. The summed E-state index contributed by atoms with van der Waals surface area (Å²) < 4.78 is 28.2. The van der Waals surface area contributed by atoms with Crippen molar-refractivity contribution in [3.05, 3.63) is 95.2 Å². The molecule has 0 bridgehead atoms. The van der Waals surface area contributed by atoms with Crippen molar-refractivity contribution in [2.75, 3.05) is 5.32 Å². The maximum atomic E-state index is 13.3. The first-order valence-corrected chi connectivity index (χ1v) is 12.1. The number of hydrogen-bond donors (Lipinski definition) is 1. The number of anilines is 1. The monoisotopic (exact) mass is 446 g/mol. The number of carbonyl (C=O) groups is 1. The molecule has 1 N–H and O–H groups in total. The fourth-order valence-electron chi connectivity index (χ4n) is 3.87. The highest BCUT2D eigenvalue weighted by molar-refractivity contribution is 7.90. The summed E-state index contributed by atoms with van der Waals surface area (Å²) in [6, 6.07) is 20.5. The van der Waals surface area contributed by atoms with Crippen LogP contribution in [0.15, 0.2) is 77.8 Å². The van der Waals surface area contributed by atoms with Crippen LogP contribution in [-0.4, -0.2) is 18.9 Å². The van der Waals surface area contributed by atoms with Gasteiger partial charge in [-0.2, -0.15) is 0 Å². The molecule has 164 valence electrons. The van der Waals surface area contributed by atoms with Crippen molar-refractivity contribution in [3.8, 4) is 0 Å². The van der Waals surface area contributed by atoms with E-state index in [1.165, 1.54) is 0 Å². The SMILES string of the molecule is Cc1cccc(CS(=O)(=O)c2cn(CC(=O)Nc3ccc(C)c(C)c3)c3ccccc23)c1. The summed E-state index contributed by atoms with van der Waals surface area (Å²) in [4.78, 5) is 13.0. The Kier molecular flexibility index (Phi) is 5.89. The van der Waals surface area contributed by atoms with Gasteiger partial charge in [-0.1, -0.05) is 54.1 Å². The van der Waals surface area contributed by atoms with Crippen LogP contribution in [0.2, 0.25) is 0 Å². The molecule has 1 heterocycles. The number of amides is 1. The Morgan fingerprint density at radius 2 is 1.69 bits per heavy atom. The lowest BCUT2D eigenvalue weighted by Crippen LogP contribution is -2.18. The van der Waals surface area contributed by atoms with Crippen molar-refractivity contribution < 1.29 is 13.2 Å². The van der Waals surface area contributed by atoms with Crippen molar-refractivity contribution in [1.82, 2.24) is 4.57 Å². The highest BCUT2D eigenvalue weighted by Crippen LogP contribution is 2.28. The highest BCUT2D eigenvalue weighted by atomic mass is 32.2. The van der Waals surface area contributed by atoms with Gasteiger partial charge in [-0.15, -0.1) is 0 Å². The van der Waals surface area contributed by atoms with Crippen molar-refractivity contribution in [2.24, 2.45) is 0 Å². The van der Waals surface area contributed by atoms with Crippen LogP contribution in [0.25, 0.3) is 10.9 Å². The number of hydrogen-bond acceptors (Lipinski definition) is 3. The first kappa shape index (κ1) is 21.8. The number of para-hydroxylation sites is 1. The molecule has 0 spiro atoms. The van der Waals surface area contributed by atoms with Crippen LogP contribution in [0.1, 0.15) is 22.3 Å². The zero-order valence-electron chi connectivity index (χ0n) is 18.4. The molecule has 0 radical (unpaired) electrons. The molecular weight excluding hydrogens is 420 g/mol. The summed E-state index contributed by atoms with van der Waals surface area (Å²) in [6.07, 6.45) is 1.58. The third-order valence-corrected chi connectivity index (χ3v) is 7.34. The highest BCUT2D eigenvalue weighted by Gasteiger charge is 2.22. The van der Waals surface area contributed by atoms with Gasteiger partial charge in [0, 0.05) is 22.8 Å². The van der Waals surface area contributed by atoms with E-state index in [4.69, 9.17) is 0 Å². The minimum Gasteiger partial charge on any atom is -0.337 e. The molecule has 0 atom stereocenters. The molecule has 4 aromatic rings. The second-order valence-corrected chi connectivity index (χ2v) is 10.2. The van der Waals surface area contributed by atoms with E-state index in [0.717, 1.165) is 27.9 Å². The number of fused-ring (bicyclic) bond motifs is 1. The molecular formula is C26H26N2O3S. The molecule has 0 aliphatic heterocycles. The van der Waals surface area contributed by atoms with Crippen molar-refractivity contribution in [1.29, 1.82) is 0 Å². The van der Waals surface area contributed by atoms with Crippen LogP contribution in [0.4, 0.5) is 5.69 Å². The van der Waals surface area contributed by atoms with Gasteiger partial charge in [0.15, 0.2) is 9.84 Å². The van der Waals surface area contributed by atoms with Gasteiger partial charge in [-0.3, -0.25) is 4.79 Å². The minimum absolute atomic E-state index is 0.0212. The minimum atomic E-state index is -3.59. The predicted octanol–water partition coefficient (Wildman–Crippen LogP) is 5.18. The molecule has 0 unspecified atom stereocenters. The van der Waals surface area contributed by atoms with Crippen LogP contribution in [0, 0.1) is 20.8 Å². The Labute approximate surface area is 188 Å². The lowest BCUT2D eigenvalue weighted by molar-refractivity contribution is -0.116. The number of nitrogens with one attached hydrogen (secondary N) is 1. The number of benzene rings is 3. The molecule has 32 heavy (non-hydrogen) atoms. The normalized spacial score (nSPS) is 11.6. The first-order valence-electron chi connectivity index (χ1n) is 10.5. The molecule has 4 rings (SSSR count). The van der Waals surface area contributed by atoms with E-state index in [2.05, 4.69) is 5.32 Å². The van der Waals surface area contributed by atoms with Crippen molar-refractivity contribution in [3.63, 3.8) is 0 Å². The van der Waals surface area contributed by atoms with Crippen molar-refractivity contribution in [2.45, 2.75) is 38.0 Å². The van der Waals surface area contributed by atoms with E-state index in [-0.39, 0.29) is 23.1 Å². The van der Waals surface area contributed by atoms with Gasteiger partial charge < -0.3 is 9.88 Å². The molecule has 6 heteroatoms. The summed E-state index contributed by atoms with van der Waals surface area (Å²) in [5.41, 5.74) is 5.45. The van der Waals surface area contributed by atoms with E-state index in [1.54, 1.807) is 16.8 Å². The summed E-state index contributed by atoms with van der Waals surface area (Å²) in [6.45, 7) is 5.98. The molecule has 0 aliphatic carbocycles. The van der Waals surface area contributed by atoms with E-state index >= 15 is 0 Å². The fourth-order valence-corrected chi connectivity index (χ4v) is 5.43. The quantitative estimate of drug-likeness (QED) is 0.444. The predicted molar refractivity (Wildman–Crippen MR) is 129 cm³/mol. The lowest BCUT2D eigenvalue weighted by atomic mass is 10.1. The third-order valence-electron chi connectivity index (χ3n) is 5.63. The average molecular weight is 447 g/mol. The van der Waals surface area contributed by atoms with Gasteiger partial charge in [-0.05, 0) is 55.7 Å². The number of aryl methyl sites for hydroxylation is 3. The Hall–Kier alpha value is -3.38. The lowest BCUT2D eigenvalue weighted by Gasteiger charge is -2.09. The molecule has 0 saturated carbocycles. The zero-order valence-corrected chi connectivity index (χ0v) is 19.2. The number of rotatable bonds is 6. The van der Waals surface area contributed by atoms with Crippen LogP contribution in [0.5, 0.6) is 0 Å². The van der Waals surface area contributed by atoms with Gasteiger partial charge in [0.25, 0.3) is 0 Å². The smallest absolute Gasteiger partial charge is 0.244 e. The van der Waals surface area contributed by atoms with Gasteiger partial charge in [0.05, 0.1) is 10.6 Å². The molecule has 0 fully saturated rings. The van der Waals surface area contributed by atoms with Crippen LogP contribution >= 0.6 is 0 Å². The zero-order chi connectivity index (χ0) is 22.9. The fraction of sp³-hybridized carbons (Fsp3) is 0.192.